The summed E-state index contributed by atoms with van der Waals surface area (Å²) in [6.07, 6.45) is 0.879. The number of nitrogens with zero attached hydrogens (tertiary/aromatic N) is 2. The van der Waals surface area contributed by atoms with Gasteiger partial charge < -0.3 is 15.4 Å². The van der Waals surface area contributed by atoms with E-state index in [0.717, 1.165) is 22.2 Å². The molecule has 136 valence electrons. The van der Waals surface area contributed by atoms with Crippen molar-refractivity contribution in [2.45, 2.75) is 49.2 Å². The minimum absolute atomic E-state index is 0.00866. The van der Waals surface area contributed by atoms with E-state index in [4.69, 9.17) is 4.74 Å². The van der Waals surface area contributed by atoms with E-state index in [2.05, 4.69) is 27.8 Å². The molecular formula is C17H24N4O2S2. The van der Waals surface area contributed by atoms with Gasteiger partial charge >= 0.3 is 0 Å². The van der Waals surface area contributed by atoms with Crippen LogP contribution < -0.4 is 15.4 Å². The van der Waals surface area contributed by atoms with Crippen molar-refractivity contribution in [2.24, 2.45) is 0 Å². The molecule has 0 radical (unpaired) electrons. The number of ether oxygens (including phenoxy) is 1. The van der Waals surface area contributed by atoms with Crippen molar-refractivity contribution < 1.29 is 9.53 Å². The van der Waals surface area contributed by atoms with Gasteiger partial charge in [-0.25, -0.2) is 0 Å². The SMILES string of the molecule is CCC(C)(C)NC(=O)C(C)Sc1nnc(Nc2cccc(OC)c2)s1. The fraction of sp³-hybridized carbons (Fsp3) is 0.471. The summed E-state index contributed by atoms with van der Waals surface area (Å²) in [4.78, 5) is 12.3. The molecule has 0 aliphatic heterocycles. The molecule has 2 N–H and O–H groups in total. The van der Waals surface area contributed by atoms with Gasteiger partial charge in [0, 0.05) is 17.3 Å². The highest BCUT2D eigenvalue weighted by molar-refractivity contribution is 8.02. The number of carbonyl (C=O) groups excluding carboxylic acids is 1. The van der Waals surface area contributed by atoms with Crippen LogP contribution in [0.25, 0.3) is 0 Å². The fourth-order valence-electron chi connectivity index (χ4n) is 1.86. The van der Waals surface area contributed by atoms with Crippen molar-refractivity contribution in [2.75, 3.05) is 12.4 Å². The van der Waals surface area contributed by atoms with Crippen LogP contribution in [0.1, 0.15) is 34.1 Å². The molecule has 1 aromatic heterocycles. The fourth-order valence-corrected chi connectivity index (χ4v) is 3.78. The van der Waals surface area contributed by atoms with E-state index in [0.29, 0.717) is 5.13 Å². The molecule has 8 heteroatoms. The molecule has 2 rings (SSSR count). The van der Waals surface area contributed by atoms with Crippen LogP contribution in [0.5, 0.6) is 5.75 Å². The maximum atomic E-state index is 12.3. The van der Waals surface area contributed by atoms with Crippen LogP contribution in [-0.2, 0) is 4.79 Å². The number of aromatic nitrogens is 2. The third-order valence-corrected chi connectivity index (χ3v) is 5.74. The smallest absolute Gasteiger partial charge is 0.233 e. The van der Waals surface area contributed by atoms with Crippen molar-refractivity contribution in [3.8, 4) is 5.75 Å². The largest absolute Gasteiger partial charge is 0.497 e. The summed E-state index contributed by atoms with van der Waals surface area (Å²) in [5.74, 6) is 0.780. The van der Waals surface area contributed by atoms with E-state index in [1.165, 1.54) is 23.1 Å². The van der Waals surface area contributed by atoms with Gasteiger partial charge in [-0.15, -0.1) is 10.2 Å². The molecule has 0 saturated carbocycles. The second kappa shape index (κ2) is 8.53. The van der Waals surface area contributed by atoms with E-state index < -0.39 is 0 Å². The lowest BCUT2D eigenvalue weighted by atomic mass is 10.0. The molecule has 0 saturated heterocycles. The Hall–Kier alpha value is -1.80. The van der Waals surface area contributed by atoms with Crippen LogP contribution >= 0.6 is 23.1 Å². The lowest BCUT2D eigenvalue weighted by Crippen LogP contribution is -2.46. The zero-order chi connectivity index (χ0) is 18.4. The third kappa shape index (κ3) is 5.89. The van der Waals surface area contributed by atoms with E-state index >= 15 is 0 Å². The first-order chi connectivity index (χ1) is 11.8. The molecule has 6 nitrogen and oxygen atoms in total. The average molecular weight is 381 g/mol. The van der Waals surface area contributed by atoms with E-state index in [-0.39, 0.29) is 16.7 Å². The summed E-state index contributed by atoms with van der Waals surface area (Å²) < 4.78 is 5.96. The number of hydrogen-bond donors (Lipinski definition) is 2. The van der Waals surface area contributed by atoms with Crippen LogP contribution in [0.2, 0.25) is 0 Å². The van der Waals surface area contributed by atoms with Crippen molar-refractivity contribution in [1.82, 2.24) is 15.5 Å². The molecule has 1 unspecified atom stereocenters. The van der Waals surface area contributed by atoms with Gasteiger partial charge in [-0.3, -0.25) is 4.79 Å². The second-order valence-corrected chi connectivity index (χ2v) is 8.78. The Morgan fingerprint density at radius 2 is 2.16 bits per heavy atom. The molecule has 2 aromatic rings. The monoisotopic (exact) mass is 380 g/mol. The van der Waals surface area contributed by atoms with Gasteiger partial charge in [0.25, 0.3) is 0 Å². The van der Waals surface area contributed by atoms with Crippen molar-refractivity contribution in [3.63, 3.8) is 0 Å². The van der Waals surface area contributed by atoms with Crippen LogP contribution in [-0.4, -0.2) is 34.0 Å². The highest BCUT2D eigenvalue weighted by atomic mass is 32.2. The van der Waals surface area contributed by atoms with Crippen LogP contribution in [0.3, 0.4) is 0 Å². The maximum Gasteiger partial charge on any atom is 0.233 e. The average Bonchev–Trinajstić information content (AvgIpc) is 3.01. The first kappa shape index (κ1) is 19.5. The number of methoxy groups -OCH3 is 1. The minimum Gasteiger partial charge on any atom is -0.497 e. The van der Waals surface area contributed by atoms with Crippen LogP contribution in [0.4, 0.5) is 10.8 Å². The zero-order valence-electron chi connectivity index (χ0n) is 15.1. The molecular weight excluding hydrogens is 356 g/mol. The number of benzene rings is 1. The lowest BCUT2D eigenvalue weighted by molar-refractivity contribution is -0.121. The molecule has 1 heterocycles. The van der Waals surface area contributed by atoms with E-state index in [1.54, 1.807) is 7.11 Å². The number of thioether (sulfide) groups is 1. The van der Waals surface area contributed by atoms with Crippen molar-refractivity contribution in [3.05, 3.63) is 24.3 Å². The Morgan fingerprint density at radius 1 is 1.40 bits per heavy atom. The highest BCUT2D eigenvalue weighted by Crippen LogP contribution is 2.31. The molecule has 0 bridgehead atoms. The molecule has 1 aromatic carbocycles. The quantitative estimate of drug-likeness (QED) is 0.672. The van der Waals surface area contributed by atoms with Gasteiger partial charge in [-0.1, -0.05) is 36.1 Å². The molecule has 1 amide bonds. The molecule has 0 fully saturated rings. The topological polar surface area (TPSA) is 76.1 Å². The molecule has 0 aliphatic rings. The Balaban J connectivity index is 1.95. The van der Waals surface area contributed by atoms with Gasteiger partial charge in [-0.05, 0) is 39.3 Å². The molecule has 0 aliphatic carbocycles. The first-order valence-electron chi connectivity index (χ1n) is 8.06. The number of anilines is 2. The molecule has 0 spiro atoms. The number of carbonyl (C=O) groups is 1. The standard InChI is InChI=1S/C17H24N4O2S2/c1-6-17(3,4)19-14(22)11(2)24-16-21-20-15(25-16)18-12-8-7-9-13(10-12)23-5/h7-11H,6H2,1-5H3,(H,18,20)(H,19,22). The van der Waals surface area contributed by atoms with Gasteiger partial charge in [0.15, 0.2) is 4.34 Å². The van der Waals surface area contributed by atoms with Crippen molar-refractivity contribution in [1.29, 1.82) is 0 Å². The Labute approximate surface area is 156 Å². The predicted octanol–water partition coefficient (Wildman–Crippen LogP) is 4.08. The summed E-state index contributed by atoms with van der Waals surface area (Å²) >= 11 is 2.83. The van der Waals surface area contributed by atoms with Gasteiger partial charge in [0.1, 0.15) is 5.75 Å². The van der Waals surface area contributed by atoms with E-state index in [1.807, 2.05) is 45.0 Å². The lowest BCUT2D eigenvalue weighted by Gasteiger charge is -2.26. The number of nitrogens with one attached hydrogen (secondary N) is 2. The summed E-state index contributed by atoms with van der Waals surface area (Å²) in [7, 11) is 1.63. The van der Waals surface area contributed by atoms with Crippen LogP contribution in [0, 0.1) is 0 Å². The number of rotatable bonds is 8. The van der Waals surface area contributed by atoms with Crippen molar-refractivity contribution >= 4 is 39.8 Å². The molecule has 1 atom stereocenters. The predicted molar refractivity (Wildman–Crippen MR) is 104 cm³/mol. The molecule has 25 heavy (non-hydrogen) atoms. The zero-order valence-corrected chi connectivity index (χ0v) is 16.8. The van der Waals surface area contributed by atoms with Gasteiger partial charge in [0.2, 0.25) is 11.0 Å². The Bertz CT molecular complexity index is 718. The van der Waals surface area contributed by atoms with Gasteiger partial charge in [0.05, 0.1) is 12.4 Å². The normalized spacial score (nSPS) is 12.5. The maximum absolute atomic E-state index is 12.3. The summed E-state index contributed by atoms with van der Waals surface area (Å²) in [5, 5.41) is 15.0. The minimum atomic E-state index is -0.233. The van der Waals surface area contributed by atoms with Crippen LogP contribution in [0.15, 0.2) is 28.6 Å². The summed E-state index contributed by atoms with van der Waals surface area (Å²) in [6.45, 7) is 7.97. The second-order valence-electron chi connectivity index (χ2n) is 6.22. The summed E-state index contributed by atoms with van der Waals surface area (Å²) in [6, 6.07) is 7.60. The third-order valence-electron chi connectivity index (χ3n) is 3.72. The van der Waals surface area contributed by atoms with E-state index in [9.17, 15) is 4.79 Å². The first-order valence-corrected chi connectivity index (χ1v) is 9.76. The Morgan fingerprint density at radius 3 is 2.84 bits per heavy atom. The summed E-state index contributed by atoms with van der Waals surface area (Å²) in [5.41, 5.74) is 0.675. The highest BCUT2D eigenvalue weighted by Gasteiger charge is 2.23. The van der Waals surface area contributed by atoms with Gasteiger partial charge in [-0.2, -0.15) is 0 Å². The Kier molecular flexibility index (Phi) is 6.66. The number of amides is 1. The number of hydrogen-bond acceptors (Lipinski definition) is 7.